The summed E-state index contributed by atoms with van der Waals surface area (Å²) in [5.41, 5.74) is 0. The van der Waals surface area contributed by atoms with E-state index in [2.05, 4.69) is 47.3 Å². The van der Waals surface area contributed by atoms with Gasteiger partial charge in [-0.15, -0.1) is 0 Å². The summed E-state index contributed by atoms with van der Waals surface area (Å²) in [4.78, 5) is 14.4. The maximum absolute atomic E-state index is 5.44. The molecule has 27 heavy (non-hydrogen) atoms. The van der Waals surface area contributed by atoms with Crippen molar-refractivity contribution in [3.63, 3.8) is 0 Å². The lowest BCUT2D eigenvalue weighted by Gasteiger charge is -2.33. The summed E-state index contributed by atoms with van der Waals surface area (Å²) in [5, 5.41) is 7.06. The molecule has 0 amide bonds. The second-order valence-electron chi connectivity index (χ2n) is 8.38. The summed E-state index contributed by atoms with van der Waals surface area (Å²) in [6.45, 7) is 11.8. The molecule has 0 bridgehead atoms. The van der Waals surface area contributed by atoms with Crippen molar-refractivity contribution < 1.29 is 0 Å². The van der Waals surface area contributed by atoms with Gasteiger partial charge in [0.2, 0.25) is 5.95 Å². The molecule has 1 unspecified atom stereocenters. The quantitative estimate of drug-likeness (QED) is 0.744. The molecule has 0 saturated carbocycles. The summed E-state index contributed by atoms with van der Waals surface area (Å²) in [7, 11) is 0. The molecule has 0 aromatic carbocycles. The number of thiocarbonyl (C=S) groups is 1. The first-order chi connectivity index (χ1) is 13.0. The van der Waals surface area contributed by atoms with Crippen molar-refractivity contribution in [2.75, 3.05) is 47.8 Å². The van der Waals surface area contributed by atoms with Crippen LogP contribution >= 0.6 is 12.2 Å². The number of nitrogens with zero attached hydrogens (tertiary/aromatic N) is 4. The second-order valence-corrected chi connectivity index (χ2v) is 8.79. The molecule has 0 aliphatic carbocycles. The zero-order valence-electron chi connectivity index (χ0n) is 17.0. The third-order valence-electron chi connectivity index (χ3n) is 5.26. The molecule has 2 N–H and O–H groups in total. The normalized spacial score (nSPS) is 20.7. The first kappa shape index (κ1) is 20.1. The van der Waals surface area contributed by atoms with Gasteiger partial charge in [0.1, 0.15) is 11.6 Å². The summed E-state index contributed by atoms with van der Waals surface area (Å²) in [6.07, 6.45) is 6.30. The van der Waals surface area contributed by atoms with E-state index in [1.54, 1.807) is 0 Å². The highest BCUT2D eigenvalue weighted by molar-refractivity contribution is 7.80. The predicted octanol–water partition coefficient (Wildman–Crippen LogP) is 3.65. The average Bonchev–Trinajstić information content (AvgIpc) is 2.67. The lowest BCUT2D eigenvalue weighted by molar-refractivity contribution is 0.444. The standard InChI is InChI=1S/C20H34N6S/c1-15(2)13-21-20(27)24-19-22-17(25-9-5-4-6-10-25)12-18(23-19)26-11-7-8-16(3)14-26/h12,15-16H,4-11,13-14H2,1-3H3,(H2,21,22,23,24,27). The van der Waals surface area contributed by atoms with Crippen molar-refractivity contribution in [1.82, 2.24) is 15.3 Å². The van der Waals surface area contributed by atoms with Crippen LogP contribution in [-0.2, 0) is 0 Å². The van der Waals surface area contributed by atoms with Crippen LogP contribution in [0.1, 0.15) is 52.9 Å². The number of hydrogen-bond donors (Lipinski definition) is 2. The minimum Gasteiger partial charge on any atom is -0.362 e. The van der Waals surface area contributed by atoms with E-state index in [1.165, 1.54) is 32.1 Å². The van der Waals surface area contributed by atoms with Crippen LogP contribution in [0.5, 0.6) is 0 Å². The molecule has 0 spiro atoms. The van der Waals surface area contributed by atoms with Crippen LogP contribution in [0.2, 0.25) is 0 Å². The highest BCUT2D eigenvalue weighted by Crippen LogP contribution is 2.27. The highest BCUT2D eigenvalue weighted by atomic mass is 32.1. The van der Waals surface area contributed by atoms with Crippen LogP contribution in [0, 0.1) is 11.8 Å². The molecule has 1 atom stereocenters. The molecule has 2 aliphatic heterocycles. The maximum Gasteiger partial charge on any atom is 0.232 e. The van der Waals surface area contributed by atoms with Gasteiger partial charge in [-0.1, -0.05) is 20.8 Å². The van der Waals surface area contributed by atoms with Gasteiger partial charge in [-0.05, 0) is 56.2 Å². The van der Waals surface area contributed by atoms with Crippen molar-refractivity contribution in [1.29, 1.82) is 0 Å². The van der Waals surface area contributed by atoms with E-state index < -0.39 is 0 Å². The first-order valence-corrected chi connectivity index (χ1v) is 10.9. The Labute approximate surface area is 169 Å². The summed E-state index contributed by atoms with van der Waals surface area (Å²) < 4.78 is 0. The fourth-order valence-electron chi connectivity index (χ4n) is 3.76. The summed E-state index contributed by atoms with van der Waals surface area (Å²) in [6, 6.07) is 2.17. The van der Waals surface area contributed by atoms with Crippen LogP contribution in [0.3, 0.4) is 0 Å². The van der Waals surface area contributed by atoms with Crippen LogP contribution in [0.4, 0.5) is 17.6 Å². The van der Waals surface area contributed by atoms with Gasteiger partial charge in [0, 0.05) is 38.8 Å². The van der Waals surface area contributed by atoms with Gasteiger partial charge in [0.25, 0.3) is 0 Å². The molecule has 1 aromatic rings. The minimum atomic E-state index is 0.538. The van der Waals surface area contributed by atoms with Crippen LogP contribution in [0.25, 0.3) is 0 Å². The van der Waals surface area contributed by atoms with Gasteiger partial charge in [-0.25, -0.2) is 0 Å². The Morgan fingerprint density at radius 1 is 1.11 bits per heavy atom. The smallest absolute Gasteiger partial charge is 0.232 e. The van der Waals surface area contributed by atoms with Gasteiger partial charge in [-0.2, -0.15) is 9.97 Å². The van der Waals surface area contributed by atoms with E-state index in [0.717, 1.165) is 44.4 Å². The molecule has 1 aromatic heterocycles. The SMILES string of the molecule is CC(C)CNC(=S)Nc1nc(N2CCCCC2)cc(N2CCCC(C)C2)n1. The van der Waals surface area contributed by atoms with Crippen molar-refractivity contribution >= 4 is 34.9 Å². The monoisotopic (exact) mass is 390 g/mol. The third-order valence-corrected chi connectivity index (χ3v) is 5.50. The molecule has 3 heterocycles. The Hall–Kier alpha value is -1.63. The van der Waals surface area contributed by atoms with E-state index in [4.69, 9.17) is 22.2 Å². The van der Waals surface area contributed by atoms with Crippen molar-refractivity contribution in [3.8, 4) is 0 Å². The van der Waals surface area contributed by atoms with Crippen molar-refractivity contribution in [3.05, 3.63) is 6.07 Å². The number of piperidine rings is 2. The first-order valence-electron chi connectivity index (χ1n) is 10.4. The van der Waals surface area contributed by atoms with E-state index in [0.29, 0.717) is 22.9 Å². The molecular formula is C20H34N6S. The van der Waals surface area contributed by atoms with Crippen LogP contribution < -0.4 is 20.4 Å². The molecule has 150 valence electrons. The molecule has 2 saturated heterocycles. The fourth-order valence-corrected chi connectivity index (χ4v) is 3.94. The van der Waals surface area contributed by atoms with Gasteiger partial charge in [-0.3, -0.25) is 0 Å². The number of rotatable bonds is 5. The third kappa shape index (κ3) is 5.92. The van der Waals surface area contributed by atoms with E-state index in [1.807, 2.05) is 0 Å². The number of hydrogen-bond acceptors (Lipinski definition) is 5. The predicted molar refractivity (Wildman–Crippen MR) is 118 cm³/mol. The Bertz CT molecular complexity index is 629. The topological polar surface area (TPSA) is 56.3 Å². The Kier molecular flexibility index (Phi) is 7.10. The van der Waals surface area contributed by atoms with Gasteiger partial charge in [0.05, 0.1) is 0 Å². The molecule has 2 fully saturated rings. The van der Waals surface area contributed by atoms with Gasteiger partial charge in [0.15, 0.2) is 5.11 Å². The van der Waals surface area contributed by atoms with Gasteiger partial charge >= 0.3 is 0 Å². The molecule has 6 nitrogen and oxygen atoms in total. The summed E-state index contributed by atoms with van der Waals surface area (Å²) >= 11 is 5.44. The zero-order chi connectivity index (χ0) is 19.2. The van der Waals surface area contributed by atoms with Crippen molar-refractivity contribution in [2.24, 2.45) is 11.8 Å². The Morgan fingerprint density at radius 2 is 1.78 bits per heavy atom. The van der Waals surface area contributed by atoms with Crippen LogP contribution in [-0.4, -0.2) is 47.8 Å². The number of anilines is 3. The van der Waals surface area contributed by atoms with Gasteiger partial charge < -0.3 is 20.4 Å². The van der Waals surface area contributed by atoms with Crippen molar-refractivity contribution in [2.45, 2.75) is 52.9 Å². The largest absolute Gasteiger partial charge is 0.362 e. The minimum absolute atomic E-state index is 0.538. The average molecular weight is 391 g/mol. The van der Waals surface area contributed by atoms with Crippen LogP contribution in [0.15, 0.2) is 6.07 Å². The molecule has 3 rings (SSSR count). The molecular weight excluding hydrogens is 356 g/mol. The Morgan fingerprint density at radius 3 is 2.44 bits per heavy atom. The molecule has 0 radical (unpaired) electrons. The van der Waals surface area contributed by atoms with E-state index in [9.17, 15) is 0 Å². The number of aromatic nitrogens is 2. The Balaban J connectivity index is 1.80. The second kappa shape index (κ2) is 9.53. The van der Waals surface area contributed by atoms with E-state index in [-0.39, 0.29) is 0 Å². The fraction of sp³-hybridized carbons (Fsp3) is 0.750. The number of nitrogens with one attached hydrogen (secondary N) is 2. The molecule has 2 aliphatic rings. The summed E-state index contributed by atoms with van der Waals surface area (Å²) in [5.74, 6) is 3.89. The molecule has 7 heteroatoms. The maximum atomic E-state index is 5.44. The zero-order valence-corrected chi connectivity index (χ0v) is 17.8. The highest BCUT2D eigenvalue weighted by Gasteiger charge is 2.21. The van der Waals surface area contributed by atoms with E-state index >= 15 is 0 Å². The lowest BCUT2D eigenvalue weighted by Crippen LogP contribution is -2.36. The lowest BCUT2D eigenvalue weighted by atomic mass is 10.0.